The normalized spacial score (nSPS) is 11.4. The van der Waals surface area contributed by atoms with Gasteiger partial charge in [-0.25, -0.2) is 0 Å². The molecule has 0 radical (unpaired) electrons. The molecule has 0 fully saturated rings. The number of carboxylic acids is 1. The van der Waals surface area contributed by atoms with E-state index in [1.807, 2.05) is 0 Å². The minimum Gasteiger partial charge on any atom is -0.544 e. The third-order valence-corrected chi connectivity index (χ3v) is 1.26. The molecule has 16 heavy (non-hydrogen) atoms. The lowest BCUT2D eigenvalue weighted by molar-refractivity contribution is -0.458. The van der Waals surface area contributed by atoms with Gasteiger partial charge in [-0.3, -0.25) is 0 Å². The second kappa shape index (κ2) is 7.38. The molecule has 0 aliphatic heterocycles. The van der Waals surface area contributed by atoms with Gasteiger partial charge in [0, 0.05) is 6.42 Å². The zero-order valence-corrected chi connectivity index (χ0v) is 10.3. The predicted octanol–water partition coefficient (Wildman–Crippen LogP) is -1.20. The van der Waals surface area contributed by atoms with Crippen molar-refractivity contribution in [2.75, 3.05) is 0 Å². The fraction of sp³-hybridized carbons (Fsp3) is 0.727. The maximum atomic E-state index is 9.98. The quantitative estimate of drug-likeness (QED) is 0.315. The molecule has 0 saturated carbocycles. The number of carbonyl (C=O) groups excluding carboxylic acids is 1. The summed E-state index contributed by atoms with van der Waals surface area (Å²) in [6.07, 6.45) is 2.26. The van der Waals surface area contributed by atoms with E-state index in [-0.39, 0.29) is 12.0 Å². The number of allylic oxidation sites excluding steroid dienone is 1. The summed E-state index contributed by atoms with van der Waals surface area (Å²) in [5.41, 5.74) is 4.02. The highest BCUT2D eigenvalue weighted by atomic mass is 16.5. The first-order valence-electron chi connectivity index (χ1n) is 5.13. The van der Waals surface area contributed by atoms with Crippen molar-refractivity contribution in [1.82, 2.24) is 0 Å². The molecule has 0 saturated heterocycles. The van der Waals surface area contributed by atoms with E-state index in [2.05, 4.69) is 33.1 Å². The molecule has 0 atom stereocenters. The van der Waals surface area contributed by atoms with Crippen LogP contribution in [0.4, 0.5) is 0 Å². The number of carbonyl (C=O) groups is 1. The Morgan fingerprint density at radius 3 is 2.06 bits per heavy atom. The van der Waals surface area contributed by atoms with Crippen LogP contribution in [0, 0.1) is 0 Å². The molecule has 0 bridgehead atoms. The molecular formula is C11H23NO4. The van der Waals surface area contributed by atoms with Crippen LogP contribution in [-0.2, 0) is 4.79 Å². The topological polar surface area (TPSA) is 108 Å². The van der Waals surface area contributed by atoms with Crippen LogP contribution in [0.15, 0.2) is 12.7 Å². The molecule has 0 aliphatic carbocycles. The van der Waals surface area contributed by atoms with Crippen LogP contribution < -0.4 is 10.8 Å². The summed E-state index contributed by atoms with van der Waals surface area (Å²) in [7, 11) is 0. The van der Waals surface area contributed by atoms with Crippen molar-refractivity contribution >= 4 is 5.97 Å². The van der Waals surface area contributed by atoms with Gasteiger partial charge in [0.05, 0.1) is 5.54 Å². The molecule has 5 N–H and O–H groups in total. The van der Waals surface area contributed by atoms with Crippen molar-refractivity contribution in [2.24, 2.45) is 0 Å². The lowest BCUT2D eigenvalue weighted by Crippen LogP contribution is -2.67. The molecule has 0 rings (SSSR count). The highest BCUT2D eigenvalue weighted by molar-refractivity contribution is 5.72. The first-order valence-corrected chi connectivity index (χ1v) is 5.13. The fourth-order valence-electron chi connectivity index (χ4n) is 0.595. The summed E-state index contributed by atoms with van der Waals surface area (Å²) in [4.78, 5) is 9.98. The smallest absolute Gasteiger partial charge is 0.204 e. The van der Waals surface area contributed by atoms with E-state index in [0.717, 1.165) is 0 Å². The average molecular weight is 233 g/mol. The zero-order valence-electron chi connectivity index (χ0n) is 10.3. The maximum Gasteiger partial charge on any atom is 0.204 e. The number of aliphatic hydroxyl groups is 2. The van der Waals surface area contributed by atoms with Crippen LogP contribution in [0.1, 0.15) is 40.0 Å². The van der Waals surface area contributed by atoms with Gasteiger partial charge in [0.15, 0.2) is 0 Å². The minimum atomic E-state index is -2.69. The molecule has 0 heterocycles. The van der Waals surface area contributed by atoms with Crippen LogP contribution in [0.5, 0.6) is 0 Å². The summed E-state index contributed by atoms with van der Waals surface area (Å²) in [6, 6.07) is 0. The van der Waals surface area contributed by atoms with Crippen LogP contribution >= 0.6 is 0 Å². The van der Waals surface area contributed by atoms with Gasteiger partial charge in [0.2, 0.25) is 5.79 Å². The Hall–Kier alpha value is -0.910. The second-order valence-corrected chi connectivity index (χ2v) is 4.85. The lowest BCUT2D eigenvalue weighted by Gasteiger charge is -2.21. The minimum absolute atomic E-state index is 0.235. The second-order valence-electron chi connectivity index (χ2n) is 4.85. The maximum absolute atomic E-state index is 9.98. The van der Waals surface area contributed by atoms with Gasteiger partial charge in [-0.1, -0.05) is 6.08 Å². The van der Waals surface area contributed by atoms with Crippen LogP contribution in [-0.4, -0.2) is 27.5 Å². The Morgan fingerprint density at radius 2 is 1.81 bits per heavy atom. The molecule has 0 spiro atoms. The van der Waals surface area contributed by atoms with Gasteiger partial charge in [0.25, 0.3) is 0 Å². The Labute approximate surface area is 96.6 Å². The first-order chi connectivity index (χ1) is 7.00. The van der Waals surface area contributed by atoms with Crippen molar-refractivity contribution in [3.63, 3.8) is 0 Å². The standard InChI is InChI=1S/C7H12O4.C4H11N/c1-2-3-4-5-7(10,11)6(8)9;1-4(2,3)5/h2,10-11H,1,3-5H2,(H,8,9);5H2,1-3H3. The average Bonchev–Trinajstić information content (AvgIpc) is 2.00. The number of quaternary nitrogens is 1. The highest BCUT2D eigenvalue weighted by Gasteiger charge is 2.23. The molecular weight excluding hydrogens is 210 g/mol. The van der Waals surface area contributed by atoms with E-state index in [9.17, 15) is 9.90 Å². The number of hydrogen-bond donors (Lipinski definition) is 3. The summed E-state index contributed by atoms with van der Waals surface area (Å²) in [5, 5.41) is 27.3. The summed E-state index contributed by atoms with van der Waals surface area (Å²) < 4.78 is 0. The Balaban J connectivity index is 0. The zero-order chi connectivity index (χ0) is 13.4. The number of rotatable bonds is 5. The number of aliphatic carboxylic acids is 1. The van der Waals surface area contributed by atoms with Crippen LogP contribution in [0.25, 0.3) is 0 Å². The van der Waals surface area contributed by atoms with E-state index in [4.69, 9.17) is 10.2 Å². The van der Waals surface area contributed by atoms with Gasteiger partial charge in [-0.15, -0.1) is 6.58 Å². The van der Waals surface area contributed by atoms with E-state index < -0.39 is 11.8 Å². The fourth-order valence-corrected chi connectivity index (χ4v) is 0.595. The lowest BCUT2D eigenvalue weighted by atomic mass is 10.1. The van der Waals surface area contributed by atoms with Gasteiger partial charge < -0.3 is 25.8 Å². The Kier molecular flexibility index (Phi) is 8.06. The Bertz CT molecular complexity index is 213. The van der Waals surface area contributed by atoms with Crippen molar-refractivity contribution < 1.29 is 25.8 Å². The van der Waals surface area contributed by atoms with Crippen LogP contribution in [0.2, 0.25) is 0 Å². The number of unbranched alkanes of at least 4 members (excludes halogenated alkanes) is 1. The third-order valence-electron chi connectivity index (χ3n) is 1.26. The molecule has 0 aromatic heterocycles. The molecule has 0 aliphatic rings. The van der Waals surface area contributed by atoms with Gasteiger partial charge >= 0.3 is 0 Å². The Morgan fingerprint density at radius 1 is 1.44 bits per heavy atom. The summed E-state index contributed by atoms with van der Waals surface area (Å²) in [6.45, 7) is 9.63. The molecule has 0 aromatic rings. The van der Waals surface area contributed by atoms with Crippen molar-refractivity contribution in [2.45, 2.75) is 51.4 Å². The van der Waals surface area contributed by atoms with Gasteiger partial charge in [0.1, 0.15) is 5.97 Å². The van der Waals surface area contributed by atoms with Crippen molar-refractivity contribution in [3.8, 4) is 0 Å². The molecule has 5 heteroatoms. The van der Waals surface area contributed by atoms with Crippen molar-refractivity contribution in [3.05, 3.63) is 12.7 Å². The van der Waals surface area contributed by atoms with E-state index in [1.165, 1.54) is 0 Å². The van der Waals surface area contributed by atoms with E-state index in [1.54, 1.807) is 6.08 Å². The summed E-state index contributed by atoms with van der Waals surface area (Å²) in [5.74, 6) is -4.55. The predicted molar refractivity (Wildman–Crippen MR) is 58.9 cm³/mol. The monoisotopic (exact) mass is 233 g/mol. The van der Waals surface area contributed by atoms with Crippen molar-refractivity contribution in [1.29, 1.82) is 0 Å². The first kappa shape index (κ1) is 17.5. The van der Waals surface area contributed by atoms with Gasteiger partial charge in [-0.2, -0.15) is 0 Å². The van der Waals surface area contributed by atoms with E-state index in [0.29, 0.717) is 12.8 Å². The SMILES string of the molecule is C=CCCCC(O)(O)C(=O)[O-].CC(C)(C)[NH3+]. The molecule has 0 aromatic carbocycles. The molecule has 5 nitrogen and oxygen atoms in total. The molecule has 0 unspecified atom stereocenters. The highest BCUT2D eigenvalue weighted by Crippen LogP contribution is 2.09. The van der Waals surface area contributed by atoms with Crippen LogP contribution in [0.3, 0.4) is 0 Å². The molecule has 0 amide bonds. The third kappa shape index (κ3) is 15.6. The molecule has 96 valence electrons. The van der Waals surface area contributed by atoms with Gasteiger partial charge in [-0.05, 0) is 33.6 Å². The number of carboxylic acid groups (broad SMARTS) is 1. The summed E-state index contributed by atoms with van der Waals surface area (Å²) >= 11 is 0. The number of hydrogen-bond acceptors (Lipinski definition) is 4. The van der Waals surface area contributed by atoms with E-state index >= 15 is 0 Å². The largest absolute Gasteiger partial charge is 0.544 e.